The number of ether oxygens (including phenoxy) is 2. The number of hydrogen-bond donors (Lipinski definition) is 1. The van der Waals surface area contributed by atoms with Gasteiger partial charge in [-0.2, -0.15) is 4.31 Å². The van der Waals surface area contributed by atoms with E-state index in [1.807, 2.05) is 19.1 Å². The van der Waals surface area contributed by atoms with Gasteiger partial charge >= 0.3 is 0 Å². The Hall–Kier alpha value is -3.45. The van der Waals surface area contributed by atoms with Crippen molar-refractivity contribution in [1.29, 1.82) is 0 Å². The smallest absolute Gasteiger partial charge is 0.264 e. The summed E-state index contributed by atoms with van der Waals surface area (Å²) in [5.41, 5.74) is 1.34. The molecule has 1 saturated heterocycles. The Kier molecular flexibility index (Phi) is 8.90. The number of morpholine rings is 1. The predicted molar refractivity (Wildman–Crippen MR) is 148 cm³/mol. The summed E-state index contributed by atoms with van der Waals surface area (Å²) in [4.78, 5) is 13.2. The lowest BCUT2D eigenvalue weighted by molar-refractivity contribution is -0.114. The average Bonchev–Trinajstić information content (AvgIpc) is 2.96. The molecule has 3 aromatic carbocycles. The Balaban J connectivity index is 1.66. The van der Waals surface area contributed by atoms with Crippen LogP contribution in [0.2, 0.25) is 0 Å². The van der Waals surface area contributed by atoms with Crippen molar-refractivity contribution in [2.75, 3.05) is 49.6 Å². The van der Waals surface area contributed by atoms with E-state index in [2.05, 4.69) is 5.32 Å². The summed E-state index contributed by atoms with van der Waals surface area (Å²) in [6, 6.07) is 19.2. The van der Waals surface area contributed by atoms with Crippen molar-refractivity contribution >= 4 is 37.3 Å². The van der Waals surface area contributed by atoms with E-state index in [9.17, 15) is 21.6 Å². The molecule has 0 atom stereocenters. The Morgan fingerprint density at radius 1 is 0.974 bits per heavy atom. The monoisotopic (exact) mass is 573 g/mol. The second kappa shape index (κ2) is 12.2. The van der Waals surface area contributed by atoms with Crippen LogP contribution < -0.4 is 14.4 Å². The van der Waals surface area contributed by atoms with Gasteiger partial charge in [-0.1, -0.05) is 43.3 Å². The van der Waals surface area contributed by atoms with Gasteiger partial charge in [0.15, 0.2) is 0 Å². The van der Waals surface area contributed by atoms with Crippen molar-refractivity contribution in [3.8, 4) is 5.75 Å². The molecule has 0 unspecified atom stereocenters. The van der Waals surface area contributed by atoms with Crippen LogP contribution in [0, 0.1) is 0 Å². The first-order valence-corrected chi connectivity index (χ1v) is 15.3. The molecule has 4 rings (SSSR count). The minimum atomic E-state index is -4.09. The molecule has 12 heteroatoms. The van der Waals surface area contributed by atoms with Crippen LogP contribution in [0.5, 0.6) is 5.75 Å². The van der Waals surface area contributed by atoms with E-state index in [-0.39, 0.29) is 47.5 Å². The number of anilines is 2. The van der Waals surface area contributed by atoms with Crippen LogP contribution in [-0.2, 0) is 36.0 Å². The fraction of sp³-hybridized carbons (Fsp3) is 0.296. The Bertz CT molecular complexity index is 1520. The fourth-order valence-corrected chi connectivity index (χ4v) is 7.35. The zero-order chi connectivity index (χ0) is 28.0. The summed E-state index contributed by atoms with van der Waals surface area (Å²) in [6.45, 7) is 2.34. The molecule has 0 radical (unpaired) electrons. The van der Waals surface area contributed by atoms with Crippen LogP contribution in [0.4, 0.5) is 11.4 Å². The first-order chi connectivity index (χ1) is 18.7. The van der Waals surface area contributed by atoms with Crippen LogP contribution in [0.25, 0.3) is 0 Å². The lowest BCUT2D eigenvalue weighted by atomic mass is 10.1. The van der Waals surface area contributed by atoms with E-state index in [1.54, 1.807) is 30.3 Å². The number of rotatable bonds is 10. The van der Waals surface area contributed by atoms with Crippen molar-refractivity contribution in [1.82, 2.24) is 4.31 Å². The summed E-state index contributed by atoms with van der Waals surface area (Å²) in [5.74, 6) is -0.509. The van der Waals surface area contributed by atoms with Gasteiger partial charge in [0.2, 0.25) is 15.9 Å². The summed E-state index contributed by atoms with van der Waals surface area (Å²) < 4.78 is 66.9. The van der Waals surface area contributed by atoms with Gasteiger partial charge in [-0.15, -0.1) is 0 Å². The number of nitrogens with zero attached hydrogens (tertiary/aromatic N) is 2. The summed E-state index contributed by atoms with van der Waals surface area (Å²) in [6.07, 6.45) is 0.555. The highest BCUT2D eigenvalue weighted by Gasteiger charge is 2.31. The Morgan fingerprint density at radius 3 is 2.31 bits per heavy atom. The van der Waals surface area contributed by atoms with Gasteiger partial charge in [-0.3, -0.25) is 9.10 Å². The highest BCUT2D eigenvalue weighted by molar-refractivity contribution is 7.92. The molecule has 208 valence electrons. The van der Waals surface area contributed by atoms with Gasteiger partial charge in [-0.05, 0) is 48.4 Å². The molecule has 1 aliphatic heterocycles. The third kappa shape index (κ3) is 6.25. The van der Waals surface area contributed by atoms with Gasteiger partial charge in [0.1, 0.15) is 17.2 Å². The van der Waals surface area contributed by atoms with Crippen molar-refractivity contribution in [2.45, 2.75) is 23.1 Å². The van der Waals surface area contributed by atoms with Crippen LogP contribution in [0.1, 0.15) is 12.5 Å². The molecule has 0 saturated carbocycles. The molecule has 0 bridgehead atoms. The van der Waals surface area contributed by atoms with E-state index in [0.29, 0.717) is 12.1 Å². The SMILES string of the molecule is CCc1ccccc1N(CC(=O)Nc1ccc(OC)c(S(=O)(=O)N2CCOCC2)c1)S(=O)(=O)c1ccccc1. The Morgan fingerprint density at radius 2 is 1.64 bits per heavy atom. The quantitative estimate of drug-likeness (QED) is 0.396. The summed E-state index contributed by atoms with van der Waals surface area (Å²) in [7, 11) is -6.65. The number of nitrogens with one attached hydrogen (secondary N) is 1. The van der Waals surface area contributed by atoms with Crippen LogP contribution >= 0.6 is 0 Å². The summed E-state index contributed by atoms with van der Waals surface area (Å²) >= 11 is 0. The zero-order valence-electron chi connectivity index (χ0n) is 21.7. The number of para-hydroxylation sites is 1. The van der Waals surface area contributed by atoms with Crippen molar-refractivity contribution < 1.29 is 31.1 Å². The van der Waals surface area contributed by atoms with Crippen LogP contribution in [0.3, 0.4) is 0 Å². The van der Waals surface area contributed by atoms with Gasteiger partial charge < -0.3 is 14.8 Å². The zero-order valence-corrected chi connectivity index (χ0v) is 23.4. The number of methoxy groups -OCH3 is 1. The van der Waals surface area contributed by atoms with Crippen molar-refractivity contribution in [2.24, 2.45) is 0 Å². The maximum Gasteiger partial charge on any atom is 0.264 e. The average molecular weight is 574 g/mol. The standard InChI is InChI=1S/C27H31N3O7S2/c1-3-21-9-7-8-12-24(21)30(38(32,33)23-10-5-4-6-11-23)20-27(31)28-22-13-14-25(36-2)26(19-22)39(34,35)29-15-17-37-18-16-29/h4-14,19H,3,15-18,20H2,1-2H3,(H,28,31). The highest BCUT2D eigenvalue weighted by Crippen LogP contribution is 2.31. The van der Waals surface area contributed by atoms with E-state index < -0.39 is 32.5 Å². The van der Waals surface area contributed by atoms with Crippen molar-refractivity contribution in [3.63, 3.8) is 0 Å². The lowest BCUT2D eigenvalue weighted by Crippen LogP contribution is -2.40. The second-order valence-corrected chi connectivity index (χ2v) is 12.5. The Labute approximate surface area is 229 Å². The lowest BCUT2D eigenvalue weighted by Gasteiger charge is -2.27. The molecule has 1 fully saturated rings. The maximum absolute atomic E-state index is 13.7. The largest absolute Gasteiger partial charge is 0.495 e. The molecule has 1 amide bonds. The van der Waals surface area contributed by atoms with Crippen LogP contribution in [0.15, 0.2) is 82.6 Å². The van der Waals surface area contributed by atoms with Gasteiger partial charge in [0.25, 0.3) is 10.0 Å². The first kappa shape index (κ1) is 28.6. The second-order valence-electron chi connectivity index (χ2n) is 8.74. The normalized spacial score (nSPS) is 14.5. The maximum atomic E-state index is 13.7. The van der Waals surface area contributed by atoms with Gasteiger partial charge in [0.05, 0.1) is 30.9 Å². The molecule has 0 aromatic heterocycles. The predicted octanol–water partition coefficient (Wildman–Crippen LogP) is 3.11. The topological polar surface area (TPSA) is 122 Å². The van der Waals surface area contributed by atoms with Crippen molar-refractivity contribution in [3.05, 3.63) is 78.4 Å². The molecule has 1 aliphatic rings. The number of carbonyl (C=O) groups is 1. The molecular formula is C27H31N3O7S2. The number of amides is 1. The number of benzene rings is 3. The third-order valence-electron chi connectivity index (χ3n) is 6.29. The summed E-state index contributed by atoms with van der Waals surface area (Å²) in [5, 5.41) is 2.66. The fourth-order valence-electron chi connectivity index (χ4n) is 4.29. The molecule has 39 heavy (non-hydrogen) atoms. The molecule has 1 N–H and O–H groups in total. The highest BCUT2D eigenvalue weighted by atomic mass is 32.2. The van der Waals surface area contributed by atoms with E-state index in [0.717, 1.165) is 9.87 Å². The molecule has 3 aromatic rings. The van der Waals surface area contributed by atoms with E-state index >= 15 is 0 Å². The number of hydrogen-bond acceptors (Lipinski definition) is 7. The van der Waals surface area contributed by atoms with E-state index in [1.165, 1.54) is 41.7 Å². The molecule has 1 heterocycles. The number of sulfonamides is 2. The molecule has 10 nitrogen and oxygen atoms in total. The number of carbonyl (C=O) groups excluding carboxylic acids is 1. The minimum absolute atomic E-state index is 0.0482. The first-order valence-electron chi connectivity index (χ1n) is 12.4. The number of aryl methyl sites for hydroxylation is 1. The molecule has 0 spiro atoms. The minimum Gasteiger partial charge on any atom is -0.495 e. The molecule has 0 aliphatic carbocycles. The van der Waals surface area contributed by atoms with Gasteiger partial charge in [-0.25, -0.2) is 16.8 Å². The molecular weight excluding hydrogens is 542 g/mol. The third-order valence-corrected chi connectivity index (χ3v) is 9.99. The van der Waals surface area contributed by atoms with Crippen LogP contribution in [-0.4, -0.2) is 67.0 Å². The van der Waals surface area contributed by atoms with E-state index in [4.69, 9.17) is 9.47 Å². The van der Waals surface area contributed by atoms with Gasteiger partial charge in [0, 0.05) is 18.8 Å².